The van der Waals surface area contributed by atoms with Crippen LogP contribution in [0.5, 0.6) is 5.75 Å². The maximum Gasteiger partial charge on any atom is 0.335 e. The molecule has 4 amide bonds. The van der Waals surface area contributed by atoms with Gasteiger partial charge in [-0.2, -0.15) is 0 Å². The highest BCUT2D eigenvalue weighted by molar-refractivity contribution is 6.39. The largest absolute Gasteiger partial charge is 0.488 e. The fraction of sp³-hybridized carbons (Fsp3) is 0.0800. The fourth-order valence-electron chi connectivity index (χ4n) is 3.41. The number of nitrogens with one attached hydrogen (secondary N) is 1. The summed E-state index contributed by atoms with van der Waals surface area (Å²) in [5.41, 5.74) is 1.58. The molecule has 0 bridgehead atoms. The highest BCUT2D eigenvalue weighted by Gasteiger charge is 2.37. The summed E-state index contributed by atoms with van der Waals surface area (Å²) < 4.78 is 5.84. The molecule has 0 spiro atoms. The average molecular weight is 526 g/mol. The van der Waals surface area contributed by atoms with Gasteiger partial charge >= 0.3 is 6.03 Å². The molecule has 182 valence electrons. The second kappa shape index (κ2) is 10.2. The number of nitro benzene ring substituents is 1. The Bertz CT molecular complexity index is 1440. The zero-order valence-electron chi connectivity index (χ0n) is 18.7. The molecule has 11 heteroatoms. The third-order valence-electron chi connectivity index (χ3n) is 5.33. The first-order valence-electron chi connectivity index (χ1n) is 10.5. The number of anilines is 1. The smallest absolute Gasteiger partial charge is 0.335 e. The number of amides is 4. The molecule has 0 radical (unpaired) electrons. The summed E-state index contributed by atoms with van der Waals surface area (Å²) in [6, 6.07) is 14.2. The van der Waals surface area contributed by atoms with Crippen molar-refractivity contribution in [3.63, 3.8) is 0 Å². The molecular formula is C25H17Cl2N3O6. The third kappa shape index (κ3) is 5.22. The van der Waals surface area contributed by atoms with Gasteiger partial charge in [0, 0.05) is 27.7 Å². The average Bonchev–Trinajstić information content (AvgIpc) is 2.83. The van der Waals surface area contributed by atoms with Crippen molar-refractivity contribution in [1.82, 2.24) is 5.32 Å². The number of hydrogen-bond donors (Lipinski definition) is 1. The molecule has 1 saturated heterocycles. The van der Waals surface area contributed by atoms with E-state index < -0.39 is 22.8 Å². The lowest BCUT2D eigenvalue weighted by Gasteiger charge is -2.26. The standard InChI is InChI=1S/C25H17Cl2N3O6/c1-14-2-6-19(12-21(14)27)29-24(32)20(23(31)28-25(29)33)11-16-10-17(26)5-9-22(16)36-13-15-3-7-18(8-4-15)30(34)35/h2-12H,13H2,1H3,(H,28,31,33)/b20-11+. The number of imide groups is 2. The van der Waals surface area contributed by atoms with Gasteiger partial charge in [-0.05, 0) is 66.6 Å². The molecule has 3 aromatic carbocycles. The molecule has 1 heterocycles. The number of ether oxygens (including phenoxy) is 1. The Labute approximate surface area is 215 Å². The lowest BCUT2D eigenvalue weighted by atomic mass is 10.1. The van der Waals surface area contributed by atoms with E-state index in [0.717, 1.165) is 10.5 Å². The summed E-state index contributed by atoms with van der Waals surface area (Å²) in [7, 11) is 0. The second-order valence-electron chi connectivity index (χ2n) is 7.79. The van der Waals surface area contributed by atoms with Crippen LogP contribution in [0.2, 0.25) is 10.0 Å². The molecule has 1 N–H and O–H groups in total. The van der Waals surface area contributed by atoms with Crippen LogP contribution in [0.4, 0.5) is 16.2 Å². The Hall–Kier alpha value is -4.21. The minimum Gasteiger partial charge on any atom is -0.488 e. The summed E-state index contributed by atoms with van der Waals surface area (Å²) >= 11 is 12.3. The van der Waals surface area contributed by atoms with Crippen LogP contribution in [0.1, 0.15) is 16.7 Å². The van der Waals surface area contributed by atoms with Crippen molar-refractivity contribution >= 4 is 58.5 Å². The van der Waals surface area contributed by atoms with Gasteiger partial charge in [0.2, 0.25) is 0 Å². The van der Waals surface area contributed by atoms with Crippen LogP contribution >= 0.6 is 23.2 Å². The molecule has 0 aliphatic carbocycles. The molecule has 4 rings (SSSR count). The van der Waals surface area contributed by atoms with Crippen LogP contribution in [-0.2, 0) is 16.2 Å². The van der Waals surface area contributed by atoms with Gasteiger partial charge in [-0.1, -0.05) is 29.3 Å². The Morgan fingerprint density at radius 2 is 1.75 bits per heavy atom. The molecule has 1 fully saturated rings. The van der Waals surface area contributed by atoms with Crippen molar-refractivity contribution in [2.24, 2.45) is 0 Å². The number of halogens is 2. The van der Waals surface area contributed by atoms with Crippen LogP contribution in [0, 0.1) is 17.0 Å². The van der Waals surface area contributed by atoms with Crippen LogP contribution in [-0.4, -0.2) is 22.8 Å². The molecule has 9 nitrogen and oxygen atoms in total. The van der Waals surface area contributed by atoms with Crippen molar-refractivity contribution in [3.05, 3.63) is 103 Å². The second-order valence-corrected chi connectivity index (χ2v) is 8.63. The van der Waals surface area contributed by atoms with E-state index in [1.807, 2.05) is 0 Å². The van der Waals surface area contributed by atoms with Gasteiger partial charge in [0.1, 0.15) is 17.9 Å². The molecule has 3 aromatic rings. The molecule has 1 aliphatic rings. The predicted molar refractivity (Wildman–Crippen MR) is 134 cm³/mol. The van der Waals surface area contributed by atoms with Crippen LogP contribution in [0.25, 0.3) is 6.08 Å². The highest BCUT2D eigenvalue weighted by Crippen LogP contribution is 2.30. The molecule has 0 saturated carbocycles. The number of carbonyl (C=O) groups is 3. The summed E-state index contributed by atoms with van der Waals surface area (Å²) in [5, 5.41) is 13.7. The van der Waals surface area contributed by atoms with Crippen molar-refractivity contribution in [2.75, 3.05) is 4.90 Å². The number of benzene rings is 3. The predicted octanol–water partition coefficient (Wildman–Crippen LogP) is 5.46. The van der Waals surface area contributed by atoms with Crippen LogP contribution < -0.4 is 15.0 Å². The number of carbonyl (C=O) groups excluding carboxylic acids is 3. The topological polar surface area (TPSA) is 119 Å². The lowest BCUT2D eigenvalue weighted by molar-refractivity contribution is -0.384. The van der Waals surface area contributed by atoms with Gasteiger partial charge in [0.25, 0.3) is 17.5 Å². The van der Waals surface area contributed by atoms with Gasteiger partial charge in [-0.15, -0.1) is 0 Å². The highest BCUT2D eigenvalue weighted by atomic mass is 35.5. The first-order valence-corrected chi connectivity index (χ1v) is 11.2. The summed E-state index contributed by atoms with van der Waals surface area (Å²) in [4.78, 5) is 49.4. The third-order valence-corrected chi connectivity index (χ3v) is 5.97. The van der Waals surface area contributed by atoms with Gasteiger partial charge in [-0.25, -0.2) is 9.69 Å². The van der Waals surface area contributed by atoms with Crippen molar-refractivity contribution < 1.29 is 24.0 Å². The number of nitrogens with zero attached hydrogens (tertiary/aromatic N) is 2. The molecule has 1 aliphatic heterocycles. The minimum absolute atomic E-state index is 0.0496. The van der Waals surface area contributed by atoms with Crippen molar-refractivity contribution in [2.45, 2.75) is 13.5 Å². The maximum atomic E-state index is 13.2. The van der Waals surface area contributed by atoms with E-state index in [2.05, 4.69) is 5.32 Å². The van der Waals surface area contributed by atoms with E-state index in [4.69, 9.17) is 27.9 Å². The number of barbiturate groups is 1. The van der Waals surface area contributed by atoms with Gasteiger partial charge in [0.05, 0.1) is 10.6 Å². The van der Waals surface area contributed by atoms with Gasteiger partial charge < -0.3 is 4.74 Å². The molecule has 0 unspecified atom stereocenters. The first kappa shape index (κ1) is 24.9. The monoisotopic (exact) mass is 525 g/mol. The van der Waals surface area contributed by atoms with Crippen LogP contribution in [0.3, 0.4) is 0 Å². The van der Waals surface area contributed by atoms with E-state index in [-0.39, 0.29) is 23.6 Å². The molecule has 0 aromatic heterocycles. The Balaban J connectivity index is 1.64. The quantitative estimate of drug-likeness (QED) is 0.197. The maximum absolute atomic E-state index is 13.2. The molecule has 36 heavy (non-hydrogen) atoms. The van der Waals surface area contributed by atoms with E-state index in [1.54, 1.807) is 43.3 Å². The molecular weight excluding hydrogens is 509 g/mol. The minimum atomic E-state index is -0.900. The molecule has 0 atom stereocenters. The zero-order valence-corrected chi connectivity index (χ0v) is 20.2. The summed E-state index contributed by atoms with van der Waals surface area (Å²) in [5.74, 6) is -1.42. The Morgan fingerprint density at radius 3 is 2.42 bits per heavy atom. The van der Waals surface area contributed by atoms with E-state index in [0.29, 0.717) is 26.9 Å². The Morgan fingerprint density at radius 1 is 1.03 bits per heavy atom. The van der Waals surface area contributed by atoms with Crippen molar-refractivity contribution in [3.8, 4) is 5.75 Å². The van der Waals surface area contributed by atoms with Gasteiger partial charge in [-0.3, -0.25) is 25.0 Å². The SMILES string of the molecule is Cc1ccc(N2C(=O)NC(=O)/C(=C\c3cc(Cl)ccc3OCc3ccc([N+](=O)[O-])cc3)C2=O)cc1Cl. The van der Waals surface area contributed by atoms with Gasteiger partial charge in [0.15, 0.2) is 0 Å². The normalized spacial score (nSPS) is 14.7. The van der Waals surface area contributed by atoms with Crippen molar-refractivity contribution in [1.29, 1.82) is 0 Å². The number of aryl methyl sites for hydroxylation is 1. The number of hydrogen-bond acceptors (Lipinski definition) is 6. The number of nitro groups is 1. The Kier molecular flexibility index (Phi) is 7.05. The lowest BCUT2D eigenvalue weighted by Crippen LogP contribution is -2.54. The zero-order chi connectivity index (χ0) is 26.0. The van der Waals surface area contributed by atoms with E-state index >= 15 is 0 Å². The fourth-order valence-corrected chi connectivity index (χ4v) is 3.76. The number of non-ortho nitro benzene ring substituents is 1. The summed E-state index contributed by atoms with van der Waals surface area (Å²) in [6.07, 6.45) is 1.28. The van der Waals surface area contributed by atoms with Crippen LogP contribution in [0.15, 0.2) is 66.2 Å². The summed E-state index contributed by atoms with van der Waals surface area (Å²) in [6.45, 7) is 1.83. The number of rotatable bonds is 6. The first-order chi connectivity index (χ1) is 17.1. The number of urea groups is 1. The van der Waals surface area contributed by atoms with E-state index in [9.17, 15) is 24.5 Å². The van der Waals surface area contributed by atoms with E-state index in [1.165, 1.54) is 30.3 Å².